The molecule has 0 unspecified atom stereocenters. The van der Waals surface area contributed by atoms with E-state index in [4.69, 9.17) is 5.11 Å². The molecule has 7 rings (SSSR count). The zero-order valence-corrected chi connectivity index (χ0v) is 25.8. The molecule has 3 fully saturated rings. The van der Waals surface area contributed by atoms with Gasteiger partial charge in [-0.25, -0.2) is 17.6 Å². The predicted molar refractivity (Wildman–Crippen MR) is 146 cm³/mol. The minimum absolute atomic E-state index is 0. The monoisotopic (exact) mass is 731 g/mol. The Hall–Kier alpha value is -0.541. The van der Waals surface area contributed by atoms with Gasteiger partial charge in [0.15, 0.2) is 23.3 Å². The molecule has 0 amide bonds. The van der Waals surface area contributed by atoms with E-state index >= 15 is 0 Å². The fraction of sp³-hybridized carbons (Fsp3) is 0.677. The maximum Gasteiger partial charge on any atom is 0.197 e. The molecule has 2 bridgehead atoms. The molecule has 3 saturated carbocycles. The molecular formula is C31H43F4IrOP. The van der Waals surface area contributed by atoms with Crippen LogP contribution in [0, 0.1) is 23.3 Å². The Morgan fingerprint density at radius 3 is 1.03 bits per heavy atom. The molecule has 6 aliphatic carbocycles. The fourth-order valence-corrected chi connectivity index (χ4v) is 12.0. The molecular weight excluding hydrogens is 688 g/mol. The predicted octanol–water partition coefficient (Wildman–Crippen LogP) is 9.62. The summed E-state index contributed by atoms with van der Waals surface area (Å²) in [5.41, 5.74) is 3.41. The van der Waals surface area contributed by atoms with Crippen LogP contribution in [0.25, 0.3) is 0 Å². The standard InChI is InChI=1S/C18H33P.C12H6F4.CH4O.Ir/c1-4-10-16(11-5-1)19(17-12-6-2-7-13-17)18-14-8-3-9-15-18;13-9-7-5-1-2-6(4-3-5)8(7)10(14)12(16)11(9)15;1-2;/h16-18H,1-15H2;1-6H;2H,1H3;. The van der Waals surface area contributed by atoms with Gasteiger partial charge in [-0.3, -0.25) is 0 Å². The van der Waals surface area contributed by atoms with Crippen LogP contribution in [0.15, 0.2) is 24.3 Å². The Labute approximate surface area is 241 Å². The van der Waals surface area contributed by atoms with Gasteiger partial charge in [0.2, 0.25) is 0 Å². The van der Waals surface area contributed by atoms with Crippen LogP contribution in [-0.4, -0.2) is 29.2 Å². The van der Waals surface area contributed by atoms with Crippen LogP contribution in [0.1, 0.15) is 119 Å². The summed E-state index contributed by atoms with van der Waals surface area (Å²) in [6.45, 7) is 0. The van der Waals surface area contributed by atoms with E-state index in [1.165, 1.54) is 36.2 Å². The molecule has 1 aromatic carbocycles. The number of hydrogen-bond donors (Lipinski definition) is 1. The average molecular weight is 731 g/mol. The van der Waals surface area contributed by atoms with Gasteiger partial charge in [-0.15, -0.1) is 0 Å². The Bertz CT molecular complexity index is 846. The van der Waals surface area contributed by atoms with Gasteiger partial charge in [0.25, 0.3) is 0 Å². The second kappa shape index (κ2) is 15.5. The molecule has 0 aromatic heterocycles. The van der Waals surface area contributed by atoms with E-state index in [0.29, 0.717) is 7.92 Å². The molecule has 1 radical (unpaired) electrons. The molecule has 7 heteroatoms. The summed E-state index contributed by atoms with van der Waals surface area (Å²) in [5, 5.41) is 7.00. The van der Waals surface area contributed by atoms with Crippen molar-refractivity contribution in [1.82, 2.24) is 0 Å². The van der Waals surface area contributed by atoms with Crippen molar-refractivity contribution in [2.45, 2.75) is 125 Å². The summed E-state index contributed by atoms with van der Waals surface area (Å²) >= 11 is 0. The van der Waals surface area contributed by atoms with Crippen molar-refractivity contribution in [2.75, 3.05) is 7.11 Å². The normalized spacial score (nSPS) is 25.1. The third-order valence-corrected chi connectivity index (χ3v) is 13.1. The molecule has 1 aromatic rings. The van der Waals surface area contributed by atoms with E-state index in [2.05, 4.69) is 0 Å². The van der Waals surface area contributed by atoms with Crippen molar-refractivity contribution >= 4 is 7.92 Å². The zero-order valence-electron chi connectivity index (χ0n) is 22.5. The summed E-state index contributed by atoms with van der Waals surface area (Å²) in [6.07, 6.45) is 30.3. The largest absolute Gasteiger partial charge is 0.400 e. The number of hydrogen-bond acceptors (Lipinski definition) is 1. The minimum Gasteiger partial charge on any atom is -0.400 e. The van der Waals surface area contributed by atoms with Crippen LogP contribution >= 0.6 is 7.92 Å². The Kier molecular flexibility index (Phi) is 13.0. The molecule has 0 heterocycles. The van der Waals surface area contributed by atoms with E-state index in [1.54, 1.807) is 101 Å². The van der Waals surface area contributed by atoms with Crippen molar-refractivity contribution in [3.63, 3.8) is 0 Å². The van der Waals surface area contributed by atoms with Crippen LogP contribution in [0.3, 0.4) is 0 Å². The summed E-state index contributed by atoms with van der Waals surface area (Å²) in [5.74, 6) is -7.01. The minimum atomic E-state index is -1.73. The summed E-state index contributed by atoms with van der Waals surface area (Å²) in [6, 6.07) is 0. The summed E-state index contributed by atoms with van der Waals surface area (Å²) in [7, 11) is 1.38. The van der Waals surface area contributed by atoms with Gasteiger partial charge < -0.3 is 5.11 Å². The third-order valence-electron chi connectivity index (χ3n) is 9.05. The van der Waals surface area contributed by atoms with Gasteiger partial charge in [-0.2, -0.15) is 0 Å². The second-order valence-electron chi connectivity index (χ2n) is 11.2. The quantitative estimate of drug-likeness (QED) is 0.108. The van der Waals surface area contributed by atoms with Crippen molar-refractivity contribution in [3.05, 3.63) is 58.7 Å². The smallest absolute Gasteiger partial charge is 0.197 e. The van der Waals surface area contributed by atoms with E-state index in [-0.39, 0.29) is 31.2 Å². The molecule has 215 valence electrons. The number of halogens is 4. The molecule has 0 saturated heterocycles. The SMILES string of the molecule is C1CCC(P(C2CCCCC2)C2CCCCC2)CC1.CO.Fc1c(F)c(F)c2c(c1F)C1C=CC2C=C1.[Ir]. The zero-order chi connectivity index (χ0) is 26.4. The van der Waals surface area contributed by atoms with Crippen LogP contribution in [-0.2, 0) is 20.1 Å². The maximum atomic E-state index is 13.5. The van der Waals surface area contributed by atoms with Gasteiger partial charge >= 0.3 is 0 Å². The number of rotatable bonds is 3. The number of aliphatic hydroxyl groups is 1. The maximum absolute atomic E-state index is 13.5. The number of aliphatic hydroxyl groups excluding tert-OH is 1. The van der Waals surface area contributed by atoms with Crippen LogP contribution in [0.5, 0.6) is 0 Å². The van der Waals surface area contributed by atoms with Crippen LogP contribution in [0.2, 0.25) is 0 Å². The van der Waals surface area contributed by atoms with E-state index in [0.717, 1.165) is 7.11 Å². The average Bonchev–Trinajstić information content (AvgIpc) is 2.98. The van der Waals surface area contributed by atoms with Crippen molar-refractivity contribution in [2.24, 2.45) is 0 Å². The topological polar surface area (TPSA) is 20.2 Å². The van der Waals surface area contributed by atoms with Crippen molar-refractivity contribution in [3.8, 4) is 0 Å². The summed E-state index contributed by atoms with van der Waals surface area (Å²) < 4.78 is 53.2. The van der Waals surface area contributed by atoms with E-state index in [1.807, 2.05) is 0 Å². The second-order valence-corrected chi connectivity index (χ2v) is 14.3. The molecule has 0 aliphatic heterocycles. The number of allylic oxidation sites excluding steroid dienone is 4. The number of benzene rings is 1. The van der Waals surface area contributed by atoms with E-state index < -0.39 is 35.1 Å². The first kappa shape index (κ1) is 32.0. The van der Waals surface area contributed by atoms with Gasteiger partial charge in [0, 0.05) is 50.2 Å². The molecule has 1 N–H and O–H groups in total. The van der Waals surface area contributed by atoms with Gasteiger partial charge in [-0.1, -0.05) is 90.0 Å². The van der Waals surface area contributed by atoms with Gasteiger partial charge in [0.05, 0.1) is 0 Å². The third kappa shape index (κ3) is 7.02. The molecule has 1 nitrogen and oxygen atoms in total. The van der Waals surface area contributed by atoms with Crippen LogP contribution in [0.4, 0.5) is 17.6 Å². The molecule has 0 spiro atoms. The Balaban J connectivity index is 0.000000195. The van der Waals surface area contributed by atoms with Crippen LogP contribution < -0.4 is 0 Å². The van der Waals surface area contributed by atoms with Gasteiger partial charge in [-0.05, 0) is 55.5 Å². The molecule has 0 atom stereocenters. The molecule has 38 heavy (non-hydrogen) atoms. The fourth-order valence-electron chi connectivity index (χ4n) is 7.34. The molecule has 6 aliphatic rings. The van der Waals surface area contributed by atoms with Crippen molar-refractivity contribution in [1.29, 1.82) is 0 Å². The van der Waals surface area contributed by atoms with Gasteiger partial charge in [0.1, 0.15) is 0 Å². The van der Waals surface area contributed by atoms with E-state index in [9.17, 15) is 17.6 Å². The van der Waals surface area contributed by atoms with Crippen molar-refractivity contribution < 1.29 is 42.8 Å². The summed E-state index contributed by atoms with van der Waals surface area (Å²) in [4.78, 5) is 0. The Morgan fingerprint density at radius 2 is 0.763 bits per heavy atom. The first-order chi connectivity index (χ1) is 18.1. The Morgan fingerprint density at radius 1 is 0.500 bits per heavy atom. The first-order valence-corrected chi connectivity index (χ1v) is 16.1. The first-order valence-electron chi connectivity index (χ1n) is 14.5.